The summed E-state index contributed by atoms with van der Waals surface area (Å²) in [6.07, 6.45) is 1.46. The van der Waals surface area contributed by atoms with E-state index in [9.17, 15) is 4.79 Å². The van der Waals surface area contributed by atoms with Gasteiger partial charge in [0.25, 0.3) is 0 Å². The number of rotatable bonds is 3. The van der Waals surface area contributed by atoms with E-state index in [2.05, 4.69) is 59.6 Å². The van der Waals surface area contributed by atoms with Crippen LogP contribution in [0.4, 0.5) is 5.69 Å². The molecule has 0 aliphatic carbocycles. The molecule has 3 aromatic rings. The number of amides is 1. The topological polar surface area (TPSA) is 32.3 Å². The number of piperidine rings is 1. The minimum atomic E-state index is 0.0586. The van der Waals surface area contributed by atoms with Gasteiger partial charge in [-0.3, -0.25) is 4.79 Å². The summed E-state index contributed by atoms with van der Waals surface area (Å²) in [5, 5.41) is 4.52. The smallest absolute Gasteiger partial charge is 0.223 e. The number of carbonyl (C=O) groups excluding carboxylic acids is 1. The average Bonchev–Trinajstić information content (AvgIpc) is 2.76. The Morgan fingerprint density at radius 3 is 2.57 bits per heavy atom. The molecule has 152 valence electrons. The molecule has 0 saturated carbocycles. The Morgan fingerprint density at radius 1 is 1.03 bits per heavy atom. The Labute approximate surface area is 182 Å². The van der Waals surface area contributed by atoms with Crippen LogP contribution in [0.5, 0.6) is 0 Å². The minimum Gasteiger partial charge on any atom is -0.378 e. The Morgan fingerprint density at radius 2 is 1.80 bits per heavy atom. The van der Waals surface area contributed by atoms with Gasteiger partial charge in [-0.15, -0.1) is 0 Å². The van der Waals surface area contributed by atoms with Crippen LogP contribution in [0.25, 0.3) is 0 Å². The molecule has 1 fully saturated rings. The van der Waals surface area contributed by atoms with Crippen molar-refractivity contribution in [3.8, 4) is 0 Å². The molecule has 1 N–H and O–H groups in total. The summed E-state index contributed by atoms with van der Waals surface area (Å²) in [4.78, 5) is 15.2. The maximum atomic E-state index is 13.1. The molecule has 2 aliphatic rings. The number of hydrogen-bond donors (Lipinski definition) is 1. The second-order valence-electron chi connectivity index (χ2n) is 8.42. The zero-order valence-electron chi connectivity index (χ0n) is 17.0. The molecular formula is C26H25ClN2O. The minimum absolute atomic E-state index is 0.0586. The Hall–Kier alpha value is -2.78. The summed E-state index contributed by atoms with van der Waals surface area (Å²) in [7, 11) is 0. The molecule has 1 amide bonds. The summed E-state index contributed by atoms with van der Waals surface area (Å²) in [6, 6.07) is 25.2. The molecule has 2 heterocycles. The molecule has 0 aromatic heterocycles. The van der Waals surface area contributed by atoms with Crippen molar-refractivity contribution < 1.29 is 4.79 Å². The molecule has 0 unspecified atom stereocenters. The van der Waals surface area contributed by atoms with Crippen molar-refractivity contribution in [2.45, 2.75) is 38.4 Å². The molecule has 3 aromatic carbocycles. The van der Waals surface area contributed by atoms with Crippen LogP contribution < -0.4 is 5.32 Å². The number of nitrogens with one attached hydrogen (secondary N) is 1. The average molecular weight is 417 g/mol. The Balaban J connectivity index is 1.60. The van der Waals surface area contributed by atoms with Crippen LogP contribution in [0, 0.1) is 12.8 Å². The van der Waals surface area contributed by atoms with Crippen LogP contribution in [0.3, 0.4) is 0 Å². The molecule has 5 rings (SSSR count). The fourth-order valence-electron chi connectivity index (χ4n) is 5.03. The maximum absolute atomic E-state index is 13.1. The fourth-order valence-corrected chi connectivity index (χ4v) is 5.15. The molecule has 2 aliphatic heterocycles. The normalized spacial score (nSPS) is 22.8. The number of aryl methyl sites for hydroxylation is 1. The first kappa shape index (κ1) is 19.2. The van der Waals surface area contributed by atoms with Gasteiger partial charge in [-0.1, -0.05) is 71.8 Å². The van der Waals surface area contributed by atoms with E-state index in [1.807, 2.05) is 30.3 Å². The van der Waals surface area contributed by atoms with E-state index in [0.717, 1.165) is 17.1 Å². The summed E-state index contributed by atoms with van der Waals surface area (Å²) in [6.45, 7) is 2.76. The van der Waals surface area contributed by atoms with Crippen molar-refractivity contribution in [3.63, 3.8) is 0 Å². The van der Waals surface area contributed by atoms with E-state index >= 15 is 0 Å². The van der Waals surface area contributed by atoms with Crippen molar-refractivity contribution in [2.24, 2.45) is 5.92 Å². The first-order valence-corrected chi connectivity index (χ1v) is 10.9. The predicted molar refractivity (Wildman–Crippen MR) is 121 cm³/mol. The van der Waals surface area contributed by atoms with E-state index < -0.39 is 0 Å². The number of anilines is 1. The Kier molecular flexibility index (Phi) is 5.00. The van der Waals surface area contributed by atoms with Gasteiger partial charge in [-0.25, -0.2) is 0 Å². The molecule has 30 heavy (non-hydrogen) atoms. The number of fused-ring (bicyclic) bond motifs is 3. The van der Waals surface area contributed by atoms with Gasteiger partial charge >= 0.3 is 0 Å². The second kappa shape index (κ2) is 7.81. The lowest BCUT2D eigenvalue weighted by Crippen LogP contribution is -2.47. The lowest BCUT2D eigenvalue weighted by molar-refractivity contribution is -0.140. The van der Waals surface area contributed by atoms with Crippen molar-refractivity contribution >= 4 is 23.2 Å². The third-order valence-electron chi connectivity index (χ3n) is 6.44. The van der Waals surface area contributed by atoms with E-state index in [0.29, 0.717) is 18.9 Å². The molecular weight excluding hydrogens is 392 g/mol. The molecule has 1 saturated heterocycles. The third-order valence-corrected chi connectivity index (χ3v) is 6.69. The summed E-state index contributed by atoms with van der Waals surface area (Å²) >= 11 is 6.15. The number of likely N-dealkylation sites (tertiary alicyclic amines) is 1. The number of nitrogens with zero attached hydrogens (tertiary/aromatic N) is 1. The highest BCUT2D eigenvalue weighted by molar-refractivity contribution is 6.30. The summed E-state index contributed by atoms with van der Waals surface area (Å²) in [5.41, 5.74) is 5.96. The second-order valence-corrected chi connectivity index (χ2v) is 8.86. The third kappa shape index (κ3) is 3.48. The van der Waals surface area contributed by atoms with Gasteiger partial charge in [-0.05, 0) is 48.2 Å². The van der Waals surface area contributed by atoms with Crippen molar-refractivity contribution in [1.82, 2.24) is 4.90 Å². The standard InChI is InChI=1S/C26H25ClN2O/c1-17-7-13-23-22(15-17)26-21(25(28-23)19-8-10-20(27)11-9-19)12-14-24(30)29(26)16-18-5-3-2-4-6-18/h2-11,13,15,21,25-26,28H,12,14,16H2,1H3/t21-,25-,26-/m0/s1. The SMILES string of the molecule is Cc1ccc2c(c1)[C@@H]1[C@@H](CCC(=O)N1Cc1ccccc1)[C@H](c1ccc(Cl)cc1)N2. The van der Waals surface area contributed by atoms with Gasteiger partial charge in [0.05, 0.1) is 12.1 Å². The van der Waals surface area contributed by atoms with Crippen LogP contribution in [0.2, 0.25) is 5.02 Å². The number of halogens is 1. The number of carbonyl (C=O) groups is 1. The van der Waals surface area contributed by atoms with E-state index in [4.69, 9.17) is 11.6 Å². The first-order valence-electron chi connectivity index (χ1n) is 10.6. The number of benzene rings is 3. The highest BCUT2D eigenvalue weighted by atomic mass is 35.5. The lowest BCUT2D eigenvalue weighted by Gasteiger charge is -2.49. The molecule has 4 heteroatoms. The van der Waals surface area contributed by atoms with Crippen LogP contribution in [0.15, 0.2) is 72.8 Å². The van der Waals surface area contributed by atoms with Crippen molar-refractivity contribution in [3.05, 3.63) is 100 Å². The molecule has 0 bridgehead atoms. The number of hydrogen-bond acceptors (Lipinski definition) is 2. The molecule has 0 radical (unpaired) electrons. The largest absolute Gasteiger partial charge is 0.378 e. The quantitative estimate of drug-likeness (QED) is 0.543. The first-order chi connectivity index (χ1) is 14.6. The van der Waals surface area contributed by atoms with Gasteiger partial charge in [-0.2, -0.15) is 0 Å². The van der Waals surface area contributed by atoms with Crippen LogP contribution in [-0.4, -0.2) is 10.8 Å². The molecule has 3 nitrogen and oxygen atoms in total. The monoisotopic (exact) mass is 416 g/mol. The zero-order valence-corrected chi connectivity index (χ0v) is 17.8. The fraction of sp³-hybridized carbons (Fsp3) is 0.269. The molecule has 3 atom stereocenters. The van der Waals surface area contributed by atoms with Gasteiger partial charge in [0.1, 0.15) is 0 Å². The van der Waals surface area contributed by atoms with E-state index in [-0.39, 0.29) is 18.0 Å². The van der Waals surface area contributed by atoms with Gasteiger partial charge in [0.15, 0.2) is 0 Å². The van der Waals surface area contributed by atoms with E-state index in [1.165, 1.54) is 22.3 Å². The zero-order chi connectivity index (χ0) is 20.7. The molecule has 0 spiro atoms. The van der Waals surface area contributed by atoms with Crippen molar-refractivity contribution in [2.75, 3.05) is 5.32 Å². The van der Waals surface area contributed by atoms with Gasteiger partial charge in [0.2, 0.25) is 5.91 Å². The highest BCUT2D eigenvalue weighted by Crippen LogP contribution is 2.51. The Bertz CT molecular complexity index is 1060. The van der Waals surface area contributed by atoms with Crippen LogP contribution >= 0.6 is 11.6 Å². The predicted octanol–water partition coefficient (Wildman–Crippen LogP) is 6.30. The van der Waals surface area contributed by atoms with Crippen LogP contribution in [-0.2, 0) is 11.3 Å². The van der Waals surface area contributed by atoms with Gasteiger partial charge in [0, 0.05) is 29.6 Å². The van der Waals surface area contributed by atoms with Crippen molar-refractivity contribution in [1.29, 1.82) is 0 Å². The lowest BCUT2D eigenvalue weighted by atomic mass is 9.74. The summed E-state index contributed by atoms with van der Waals surface area (Å²) < 4.78 is 0. The van der Waals surface area contributed by atoms with Crippen LogP contribution in [0.1, 0.15) is 47.2 Å². The highest BCUT2D eigenvalue weighted by Gasteiger charge is 2.45. The summed E-state index contributed by atoms with van der Waals surface area (Å²) in [5.74, 6) is 0.547. The van der Waals surface area contributed by atoms with Gasteiger partial charge < -0.3 is 10.2 Å². The van der Waals surface area contributed by atoms with E-state index in [1.54, 1.807) is 0 Å². The maximum Gasteiger partial charge on any atom is 0.223 e.